The number of benzene rings is 1. The number of carbonyl (C=O) groups is 1. The first-order valence-electron chi connectivity index (χ1n) is 12.0. The molecule has 33 heavy (non-hydrogen) atoms. The Morgan fingerprint density at radius 2 is 1.70 bits per heavy atom. The van der Waals surface area contributed by atoms with Crippen molar-refractivity contribution in [1.82, 2.24) is 15.1 Å². The van der Waals surface area contributed by atoms with Crippen molar-refractivity contribution in [3.63, 3.8) is 0 Å². The Hall–Kier alpha value is -2.51. The summed E-state index contributed by atoms with van der Waals surface area (Å²) in [6.07, 6.45) is 2.84. The fourth-order valence-corrected chi connectivity index (χ4v) is 7.45. The fraction of sp³-hybridized carbons (Fsp3) is 0.600. The van der Waals surface area contributed by atoms with E-state index in [1.807, 2.05) is 30.3 Å². The smallest absolute Gasteiger partial charge is 0.363 e. The first-order valence-corrected chi connectivity index (χ1v) is 12.0. The van der Waals surface area contributed by atoms with Gasteiger partial charge in [-0.25, -0.2) is 4.68 Å². The van der Waals surface area contributed by atoms with Crippen LogP contribution in [0.4, 0.5) is 19.0 Å². The van der Waals surface area contributed by atoms with E-state index >= 15 is 0 Å². The summed E-state index contributed by atoms with van der Waals surface area (Å²) in [5.41, 5.74) is 0.992. The van der Waals surface area contributed by atoms with Gasteiger partial charge >= 0.3 is 6.18 Å². The number of amides is 1. The Kier molecular flexibility index (Phi) is 4.79. The van der Waals surface area contributed by atoms with Gasteiger partial charge in [0.25, 0.3) is 5.91 Å². The molecule has 4 aliphatic carbocycles. The van der Waals surface area contributed by atoms with Gasteiger partial charge in [0.1, 0.15) is 5.82 Å². The summed E-state index contributed by atoms with van der Waals surface area (Å²) in [6, 6.07) is 8.29. The lowest BCUT2D eigenvalue weighted by Gasteiger charge is -2.56. The Labute approximate surface area is 191 Å². The minimum atomic E-state index is -4.46. The van der Waals surface area contributed by atoms with Crippen molar-refractivity contribution in [2.24, 2.45) is 23.2 Å². The molecule has 4 saturated carbocycles. The van der Waals surface area contributed by atoms with Gasteiger partial charge < -0.3 is 10.6 Å². The van der Waals surface area contributed by atoms with E-state index in [9.17, 15) is 18.0 Å². The van der Waals surface area contributed by atoms with Crippen LogP contribution in [0.5, 0.6) is 0 Å². The highest BCUT2D eigenvalue weighted by atomic mass is 19.4. The van der Waals surface area contributed by atoms with E-state index in [1.54, 1.807) is 0 Å². The number of hydrogen-bond donors (Lipinski definition) is 2. The second kappa shape index (κ2) is 7.50. The molecule has 8 heteroatoms. The Morgan fingerprint density at radius 1 is 1.06 bits per heavy atom. The molecule has 2 atom stereocenters. The van der Waals surface area contributed by atoms with Gasteiger partial charge in [-0.1, -0.05) is 30.3 Å². The molecule has 176 valence electrons. The predicted molar refractivity (Wildman–Crippen MR) is 118 cm³/mol. The topological polar surface area (TPSA) is 59.0 Å². The number of hydrogen-bond acceptors (Lipinski definition) is 3. The third-order valence-corrected chi connectivity index (χ3v) is 8.41. The molecule has 1 aromatic carbocycles. The Morgan fingerprint density at radius 3 is 2.30 bits per heavy atom. The monoisotopic (exact) mass is 458 g/mol. The molecule has 0 spiro atoms. The molecule has 5 aliphatic rings. The van der Waals surface area contributed by atoms with Crippen LogP contribution in [-0.2, 0) is 0 Å². The van der Waals surface area contributed by atoms with Crippen molar-refractivity contribution in [3.05, 3.63) is 47.7 Å². The van der Waals surface area contributed by atoms with Crippen LogP contribution >= 0.6 is 0 Å². The number of nitrogens with one attached hydrogen (secondary N) is 2. The minimum Gasteiger partial charge on any atom is -0.363 e. The van der Waals surface area contributed by atoms with Crippen molar-refractivity contribution in [3.8, 4) is 0 Å². The van der Waals surface area contributed by atoms with Gasteiger partial charge in [0, 0.05) is 19.0 Å². The second-order valence-corrected chi connectivity index (χ2v) is 10.9. The van der Waals surface area contributed by atoms with Crippen LogP contribution in [0, 0.1) is 23.2 Å². The zero-order valence-corrected chi connectivity index (χ0v) is 18.4. The molecule has 1 aliphatic heterocycles. The molecule has 7 rings (SSSR count). The summed E-state index contributed by atoms with van der Waals surface area (Å²) in [4.78, 5) is 13.0. The molecule has 2 aromatic rings. The molecule has 0 radical (unpaired) electrons. The maximum absolute atomic E-state index is 13.9. The van der Waals surface area contributed by atoms with E-state index in [-0.39, 0.29) is 29.3 Å². The summed E-state index contributed by atoms with van der Waals surface area (Å²) in [5, 5.41) is 10.3. The van der Waals surface area contributed by atoms with E-state index < -0.39 is 18.3 Å². The van der Waals surface area contributed by atoms with E-state index in [4.69, 9.17) is 0 Å². The highest BCUT2D eigenvalue weighted by molar-refractivity contribution is 5.93. The van der Waals surface area contributed by atoms with E-state index in [1.165, 1.54) is 25.3 Å². The summed E-state index contributed by atoms with van der Waals surface area (Å²) in [5.74, 6) is 2.18. The second-order valence-electron chi connectivity index (χ2n) is 10.9. The Bertz CT molecular complexity index is 1010. The first kappa shape index (κ1) is 21.1. The number of fused-ring (bicyclic) bond motifs is 1. The number of carbonyl (C=O) groups excluding carboxylic acids is 1. The van der Waals surface area contributed by atoms with Crippen molar-refractivity contribution in [2.45, 2.75) is 63.2 Å². The maximum Gasteiger partial charge on any atom is 0.410 e. The highest BCUT2D eigenvalue weighted by Crippen LogP contribution is 2.59. The lowest BCUT2D eigenvalue weighted by atomic mass is 9.49. The van der Waals surface area contributed by atoms with Crippen LogP contribution in [-0.4, -0.2) is 28.4 Å². The molecular weight excluding hydrogens is 429 g/mol. The normalized spacial score (nSPS) is 34.6. The van der Waals surface area contributed by atoms with Crippen molar-refractivity contribution in [1.29, 1.82) is 0 Å². The quantitative estimate of drug-likeness (QED) is 0.637. The van der Waals surface area contributed by atoms with E-state index in [0.717, 1.165) is 47.3 Å². The van der Waals surface area contributed by atoms with Crippen LogP contribution in [0.15, 0.2) is 36.4 Å². The third-order valence-electron chi connectivity index (χ3n) is 8.41. The fourth-order valence-electron chi connectivity index (χ4n) is 7.45. The number of anilines is 1. The first-order chi connectivity index (χ1) is 15.8. The molecule has 1 aromatic heterocycles. The van der Waals surface area contributed by atoms with Gasteiger partial charge in [-0.2, -0.15) is 18.3 Å². The van der Waals surface area contributed by atoms with Crippen LogP contribution < -0.4 is 10.6 Å². The van der Waals surface area contributed by atoms with Crippen LogP contribution in [0.3, 0.4) is 0 Å². The summed E-state index contributed by atoms with van der Waals surface area (Å²) >= 11 is 0. The lowest BCUT2D eigenvalue weighted by Crippen LogP contribution is -2.51. The number of halogens is 3. The van der Waals surface area contributed by atoms with Gasteiger partial charge in [0.2, 0.25) is 0 Å². The molecule has 0 saturated heterocycles. The predicted octanol–water partition coefficient (Wildman–Crippen LogP) is 5.49. The zero-order chi connectivity index (χ0) is 22.8. The lowest BCUT2D eigenvalue weighted by molar-refractivity contribution is -0.173. The molecule has 2 heterocycles. The molecule has 2 N–H and O–H groups in total. The van der Waals surface area contributed by atoms with Gasteiger partial charge in [0.15, 0.2) is 11.7 Å². The zero-order valence-electron chi connectivity index (χ0n) is 18.4. The van der Waals surface area contributed by atoms with Gasteiger partial charge in [0.05, 0.1) is 6.04 Å². The standard InChI is InChI=1S/C25H29F3N4O/c26-25(27,28)21-9-19(18-4-2-1-3-5-18)30-22-10-20(31-32(21)22)23(33)29-14-24-11-15-6-16(12-24)8-17(7-15)13-24/h1-5,10,15-17,19,21,30H,6-9,11-14H2,(H,29,33)/t15?,16?,17?,19-,21+,24?/m1/s1. The van der Waals surface area contributed by atoms with Crippen LogP contribution in [0.25, 0.3) is 0 Å². The molecule has 5 nitrogen and oxygen atoms in total. The van der Waals surface area contributed by atoms with Crippen molar-refractivity contribution < 1.29 is 18.0 Å². The minimum absolute atomic E-state index is 0.0465. The maximum atomic E-state index is 13.9. The number of aromatic nitrogens is 2. The highest BCUT2D eigenvalue weighted by Gasteiger charge is 2.51. The number of alkyl halides is 3. The van der Waals surface area contributed by atoms with Crippen molar-refractivity contribution >= 4 is 11.7 Å². The van der Waals surface area contributed by atoms with Gasteiger partial charge in [-0.05, 0) is 67.3 Å². The van der Waals surface area contributed by atoms with E-state index in [0.29, 0.717) is 6.54 Å². The number of nitrogens with zero attached hydrogens (tertiary/aromatic N) is 2. The number of rotatable bonds is 4. The van der Waals surface area contributed by atoms with Gasteiger partial charge in [-0.3, -0.25) is 4.79 Å². The molecule has 4 bridgehead atoms. The van der Waals surface area contributed by atoms with Gasteiger partial charge in [-0.15, -0.1) is 0 Å². The summed E-state index contributed by atoms with van der Waals surface area (Å²) in [6.45, 7) is 0.598. The summed E-state index contributed by atoms with van der Waals surface area (Å²) in [7, 11) is 0. The average Bonchev–Trinajstić information content (AvgIpc) is 3.20. The van der Waals surface area contributed by atoms with Crippen LogP contribution in [0.2, 0.25) is 0 Å². The molecular formula is C25H29F3N4O. The molecule has 1 amide bonds. The average molecular weight is 459 g/mol. The Balaban J connectivity index is 1.21. The molecule has 4 fully saturated rings. The van der Waals surface area contributed by atoms with Crippen LogP contribution in [0.1, 0.15) is 73.1 Å². The van der Waals surface area contributed by atoms with E-state index in [2.05, 4.69) is 15.7 Å². The third kappa shape index (κ3) is 3.81. The largest absolute Gasteiger partial charge is 0.410 e. The summed E-state index contributed by atoms with van der Waals surface area (Å²) < 4.78 is 42.6. The molecule has 0 unspecified atom stereocenters. The SMILES string of the molecule is O=C(NCC12CC3CC(CC(C3)C1)C2)c1cc2n(n1)[C@H](C(F)(F)F)C[C@H](c1ccccc1)N2. The van der Waals surface area contributed by atoms with Crippen molar-refractivity contribution in [2.75, 3.05) is 11.9 Å².